The number of methoxy groups -OCH3 is 2. The number of rotatable bonds is 10. The molecule has 21 heteroatoms. The van der Waals surface area contributed by atoms with E-state index >= 15 is 0 Å². The summed E-state index contributed by atoms with van der Waals surface area (Å²) in [5, 5.41) is 0. The first-order chi connectivity index (χ1) is 26.1. The van der Waals surface area contributed by atoms with Gasteiger partial charge < -0.3 is 18.6 Å². The second-order valence-electron chi connectivity index (χ2n) is 12.4. The third kappa shape index (κ3) is 13.9. The molecule has 12 nitrogen and oxygen atoms in total. The Balaban J connectivity index is 0.000000556. The Morgan fingerprint density at radius 1 is 0.614 bits per heavy atom. The van der Waals surface area contributed by atoms with Gasteiger partial charge in [-0.3, -0.25) is 19.8 Å². The SMILES string of the molecule is COc1ccc([C@H](c2ccccn2)N(C)[C@@H]2CCCC[C@H]2N(C)[C@H](c2ccc(OC)cc2)c2ccccn2)cc1.O=S(=O)([O-])C(F)(F)F.O=S(=O)([O-])C(F)(F)F.[Mn+2]. The van der Waals surface area contributed by atoms with Crippen LogP contribution in [0.15, 0.2) is 97.3 Å². The summed E-state index contributed by atoms with van der Waals surface area (Å²) in [7, 11) is -4.23. The molecule has 1 saturated carbocycles. The van der Waals surface area contributed by atoms with Crippen LogP contribution in [0, 0.1) is 0 Å². The van der Waals surface area contributed by atoms with Crippen LogP contribution in [-0.4, -0.2) is 97.1 Å². The Labute approximate surface area is 338 Å². The van der Waals surface area contributed by atoms with Crippen LogP contribution in [0.2, 0.25) is 0 Å². The Morgan fingerprint density at radius 2 is 0.912 bits per heavy atom. The van der Waals surface area contributed by atoms with Crippen LogP contribution in [0.1, 0.15) is 60.3 Å². The minimum Gasteiger partial charge on any atom is -0.741 e. The summed E-state index contributed by atoms with van der Waals surface area (Å²) < 4.78 is 129. The molecule has 0 spiro atoms. The second-order valence-corrected chi connectivity index (χ2v) is 15.2. The van der Waals surface area contributed by atoms with Crippen LogP contribution in [0.4, 0.5) is 26.3 Å². The number of benzene rings is 2. The molecule has 4 aromatic rings. The molecular formula is C36H40F6MnN4O8S2. The summed E-state index contributed by atoms with van der Waals surface area (Å²) >= 11 is 0. The Hall–Kier alpha value is -3.82. The topological polar surface area (TPSA) is 165 Å². The molecular weight excluding hydrogens is 849 g/mol. The first-order valence-electron chi connectivity index (χ1n) is 16.7. The maximum absolute atomic E-state index is 10.7. The average Bonchev–Trinajstić information content (AvgIpc) is 3.15. The van der Waals surface area contributed by atoms with E-state index in [9.17, 15) is 26.3 Å². The Morgan fingerprint density at radius 3 is 1.14 bits per heavy atom. The molecule has 4 atom stereocenters. The number of alkyl halides is 6. The van der Waals surface area contributed by atoms with Gasteiger partial charge in [-0.25, -0.2) is 16.8 Å². The van der Waals surface area contributed by atoms with Crippen molar-refractivity contribution in [3.63, 3.8) is 0 Å². The van der Waals surface area contributed by atoms with E-state index in [1.54, 1.807) is 14.2 Å². The van der Waals surface area contributed by atoms with Crippen molar-refractivity contribution in [3.05, 3.63) is 120 Å². The first-order valence-corrected chi connectivity index (χ1v) is 19.5. The summed E-state index contributed by atoms with van der Waals surface area (Å²) in [4.78, 5) is 14.7. The van der Waals surface area contributed by atoms with E-state index in [-0.39, 0.29) is 29.2 Å². The number of ether oxygens (including phenoxy) is 2. The third-order valence-electron chi connectivity index (χ3n) is 8.92. The smallest absolute Gasteiger partial charge is 0.741 e. The largest absolute Gasteiger partial charge is 2.00 e. The number of hydrogen-bond donors (Lipinski definition) is 0. The van der Waals surface area contributed by atoms with Crippen molar-refractivity contribution in [3.8, 4) is 11.5 Å². The van der Waals surface area contributed by atoms with Crippen molar-refractivity contribution in [1.29, 1.82) is 0 Å². The Kier molecular flexibility index (Phi) is 18.4. The van der Waals surface area contributed by atoms with Crippen LogP contribution in [0.5, 0.6) is 11.5 Å². The van der Waals surface area contributed by atoms with Gasteiger partial charge in [0.25, 0.3) is 0 Å². The van der Waals surface area contributed by atoms with Gasteiger partial charge in [0.05, 0.1) is 37.7 Å². The fourth-order valence-corrected chi connectivity index (χ4v) is 6.30. The minimum absolute atomic E-state index is 0. The maximum Gasteiger partial charge on any atom is 2.00 e. The van der Waals surface area contributed by atoms with Gasteiger partial charge in [0.15, 0.2) is 20.2 Å². The molecule has 0 amide bonds. The van der Waals surface area contributed by atoms with Crippen molar-refractivity contribution in [1.82, 2.24) is 19.8 Å². The fraction of sp³-hybridized carbons (Fsp3) is 0.389. The van der Waals surface area contributed by atoms with Gasteiger partial charge in [0.2, 0.25) is 0 Å². The van der Waals surface area contributed by atoms with E-state index in [1.165, 1.54) is 24.0 Å². The van der Waals surface area contributed by atoms with Gasteiger partial charge in [-0.05, 0) is 86.6 Å². The van der Waals surface area contributed by atoms with E-state index in [1.807, 2.05) is 48.8 Å². The van der Waals surface area contributed by atoms with Crippen molar-refractivity contribution >= 4 is 20.2 Å². The number of nitrogens with zero attached hydrogens (tertiary/aromatic N) is 4. The third-order valence-corrected chi connectivity index (χ3v) is 10.1. The number of pyridine rings is 2. The molecule has 0 N–H and O–H groups in total. The molecule has 57 heavy (non-hydrogen) atoms. The molecule has 0 bridgehead atoms. The van der Waals surface area contributed by atoms with Gasteiger partial charge >= 0.3 is 28.1 Å². The summed E-state index contributed by atoms with van der Waals surface area (Å²) in [5.41, 5.74) is -6.76. The molecule has 0 aliphatic heterocycles. The molecule has 2 aromatic heterocycles. The van der Waals surface area contributed by atoms with Crippen LogP contribution in [-0.2, 0) is 37.3 Å². The molecule has 2 heterocycles. The zero-order valence-electron chi connectivity index (χ0n) is 30.9. The van der Waals surface area contributed by atoms with E-state index in [4.69, 9.17) is 45.4 Å². The van der Waals surface area contributed by atoms with E-state index in [0.29, 0.717) is 12.1 Å². The normalized spacial score (nSPS) is 17.2. The summed E-state index contributed by atoms with van der Waals surface area (Å²) in [5.74, 6) is 1.72. The van der Waals surface area contributed by atoms with E-state index in [2.05, 4.69) is 72.4 Å². The molecule has 5 rings (SSSR count). The van der Waals surface area contributed by atoms with Crippen LogP contribution >= 0.6 is 0 Å². The zero-order valence-corrected chi connectivity index (χ0v) is 33.7. The zero-order chi connectivity index (χ0) is 41.9. The van der Waals surface area contributed by atoms with Crippen molar-refractivity contribution in [2.45, 2.75) is 60.9 Å². The molecule has 2 aromatic carbocycles. The summed E-state index contributed by atoms with van der Waals surface area (Å²) in [6.45, 7) is 0. The second kappa shape index (κ2) is 21.3. The van der Waals surface area contributed by atoms with Gasteiger partial charge in [0, 0.05) is 24.5 Å². The van der Waals surface area contributed by atoms with Crippen molar-refractivity contribution in [2.24, 2.45) is 0 Å². The van der Waals surface area contributed by atoms with Gasteiger partial charge in [-0.15, -0.1) is 0 Å². The Bertz CT molecular complexity index is 1870. The van der Waals surface area contributed by atoms with Crippen molar-refractivity contribution < 1.29 is 78.8 Å². The van der Waals surface area contributed by atoms with Gasteiger partial charge in [0.1, 0.15) is 11.5 Å². The van der Waals surface area contributed by atoms with E-state index < -0.39 is 31.3 Å². The minimum atomic E-state index is -6.09. The van der Waals surface area contributed by atoms with Gasteiger partial charge in [-0.1, -0.05) is 49.2 Å². The number of likely N-dealkylation sites (N-methyl/N-ethyl adjacent to an activating group) is 2. The number of hydrogen-bond acceptors (Lipinski definition) is 12. The molecule has 0 unspecified atom stereocenters. The molecule has 1 fully saturated rings. The van der Waals surface area contributed by atoms with Gasteiger partial charge in [-0.2, -0.15) is 26.3 Å². The molecule has 313 valence electrons. The molecule has 1 aliphatic rings. The summed E-state index contributed by atoms with van der Waals surface area (Å²) in [6.07, 6.45) is 8.47. The quantitative estimate of drug-likeness (QED) is 0.0722. The van der Waals surface area contributed by atoms with Crippen molar-refractivity contribution in [2.75, 3.05) is 28.3 Å². The molecule has 0 saturated heterocycles. The van der Waals surface area contributed by atoms with Crippen LogP contribution < -0.4 is 9.47 Å². The monoisotopic (exact) mass is 889 g/mol. The summed E-state index contributed by atoms with van der Waals surface area (Å²) in [6, 6.07) is 30.0. The van der Waals surface area contributed by atoms with E-state index in [0.717, 1.165) is 35.7 Å². The predicted octanol–water partition coefficient (Wildman–Crippen LogP) is 6.65. The maximum atomic E-state index is 10.7. The van der Waals surface area contributed by atoms with Crippen LogP contribution in [0.25, 0.3) is 0 Å². The molecule has 1 aliphatic carbocycles. The number of halogens is 6. The molecule has 1 radical (unpaired) electrons. The number of aromatic nitrogens is 2. The average molecular weight is 890 g/mol. The predicted molar refractivity (Wildman–Crippen MR) is 191 cm³/mol. The fourth-order valence-electron chi connectivity index (χ4n) is 6.30. The van der Waals surface area contributed by atoms with Crippen LogP contribution in [0.3, 0.4) is 0 Å². The standard InChI is InChI=1S/C34H40N4O2.2CHF3O3S.Mn/c1-37(33(29-11-7-9-23-35-29)25-15-19-27(39-3)20-16-25)31-13-5-6-14-32(31)38(2)34(30-12-8-10-24-36-30)26-17-21-28(40-4)22-18-26;2*2-1(3,4)8(5,6)7;/h7-12,15-24,31-34H,5-6,13-14H2,1-4H3;2*(H,5,6,7);/q;;;+2/p-2/t31-,32-,33-,34-;;;/m1.../s1. The first kappa shape index (κ1) is 49.3.